The number of nitrogens with one attached hydrogen (secondary N) is 1. The summed E-state index contributed by atoms with van der Waals surface area (Å²) in [6.45, 7) is 0. The molecule has 1 unspecified atom stereocenters. The molecule has 0 amide bonds. The van der Waals surface area contributed by atoms with Crippen LogP contribution in [0.1, 0.15) is 11.3 Å². The molecule has 3 nitrogen and oxygen atoms in total. The van der Waals surface area contributed by atoms with Crippen LogP contribution in [-0.4, -0.2) is 18.1 Å². The van der Waals surface area contributed by atoms with Crippen molar-refractivity contribution in [3.63, 3.8) is 0 Å². The average molecular weight is 216 g/mol. The Morgan fingerprint density at radius 3 is 2.88 bits per heavy atom. The summed E-state index contributed by atoms with van der Waals surface area (Å²) in [5, 5.41) is 3.30. The minimum Gasteiger partial charge on any atom is -0.469 e. The third kappa shape index (κ3) is 2.94. The number of pyridine rings is 1. The van der Waals surface area contributed by atoms with Gasteiger partial charge in [-0.1, -0.05) is 6.07 Å². The van der Waals surface area contributed by atoms with Gasteiger partial charge in [-0.15, -0.1) is 0 Å². The third-order valence-electron chi connectivity index (χ3n) is 2.64. The van der Waals surface area contributed by atoms with E-state index in [1.807, 2.05) is 31.4 Å². The Bertz CT molecular complexity index is 397. The van der Waals surface area contributed by atoms with Gasteiger partial charge in [0.25, 0.3) is 0 Å². The molecule has 1 N–H and O–H groups in total. The lowest BCUT2D eigenvalue weighted by molar-refractivity contribution is 0.456. The molecular weight excluding hydrogens is 200 g/mol. The van der Waals surface area contributed by atoms with Crippen molar-refractivity contribution in [2.45, 2.75) is 18.9 Å². The van der Waals surface area contributed by atoms with E-state index < -0.39 is 0 Å². The highest BCUT2D eigenvalue weighted by atomic mass is 16.3. The normalized spacial score (nSPS) is 12.6. The molecule has 2 heterocycles. The van der Waals surface area contributed by atoms with Gasteiger partial charge in [-0.2, -0.15) is 0 Å². The van der Waals surface area contributed by atoms with Gasteiger partial charge in [-0.25, -0.2) is 0 Å². The standard InChI is InChI=1S/C13H16N2O/c1-14-12(9-13-5-3-7-16-13)8-11-4-2-6-15-10-11/h2-7,10,12,14H,8-9H2,1H3. The maximum Gasteiger partial charge on any atom is 0.105 e. The summed E-state index contributed by atoms with van der Waals surface area (Å²) in [4.78, 5) is 4.12. The maximum absolute atomic E-state index is 5.35. The smallest absolute Gasteiger partial charge is 0.105 e. The van der Waals surface area contributed by atoms with Crippen LogP contribution < -0.4 is 5.32 Å². The van der Waals surface area contributed by atoms with Crippen molar-refractivity contribution < 1.29 is 4.42 Å². The molecule has 0 spiro atoms. The maximum atomic E-state index is 5.35. The highest BCUT2D eigenvalue weighted by molar-refractivity contribution is 5.11. The van der Waals surface area contributed by atoms with Crippen LogP contribution in [0.25, 0.3) is 0 Å². The lowest BCUT2D eigenvalue weighted by Gasteiger charge is -2.14. The predicted octanol–water partition coefficient (Wildman–Crippen LogP) is 2.05. The summed E-state index contributed by atoms with van der Waals surface area (Å²) in [7, 11) is 1.98. The zero-order valence-electron chi connectivity index (χ0n) is 9.39. The van der Waals surface area contributed by atoms with Gasteiger partial charge in [-0.3, -0.25) is 4.98 Å². The zero-order valence-corrected chi connectivity index (χ0v) is 9.39. The number of nitrogens with zero attached hydrogens (tertiary/aromatic N) is 1. The van der Waals surface area contributed by atoms with Gasteiger partial charge in [0.2, 0.25) is 0 Å². The Morgan fingerprint density at radius 2 is 2.25 bits per heavy atom. The average Bonchev–Trinajstić information content (AvgIpc) is 2.82. The first-order valence-electron chi connectivity index (χ1n) is 5.47. The Kier molecular flexibility index (Phi) is 3.72. The molecule has 3 heteroatoms. The van der Waals surface area contributed by atoms with Crippen molar-refractivity contribution in [1.29, 1.82) is 0 Å². The summed E-state index contributed by atoms with van der Waals surface area (Å²) in [5.41, 5.74) is 1.24. The SMILES string of the molecule is CNC(Cc1cccnc1)Cc1ccco1. The van der Waals surface area contributed by atoms with E-state index in [1.54, 1.807) is 12.5 Å². The molecule has 0 saturated carbocycles. The van der Waals surface area contributed by atoms with E-state index in [9.17, 15) is 0 Å². The van der Waals surface area contributed by atoms with Gasteiger partial charge in [0.1, 0.15) is 5.76 Å². The number of hydrogen-bond donors (Lipinski definition) is 1. The number of likely N-dealkylation sites (N-methyl/N-ethyl adjacent to an activating group) is 1. The quantitative estimate of drug-likeness (QED) is 0.831. The topological polar surface area (TPSA) is 38.1 Å². The van der Waals surface area contributed by atoms with Crippen LogP contribution in [0.2, 0.25) is 0 Å². The molecule has 2 rings (SSSR count). The van der Waals surface area contributed by atoms with Gasteiger partial charge in [0.15, 0.2) is 0 Å². The molecule has 0 bridgehead atoms. The van der Waals surface area contributed by atoms with E-state index in [0.717, 1.165) is 18.6 Å². The highest BCUT2D eigenvalue weighted by Gasteiger charge is 2.09. The van der Waals surface area contributed by atoms with E-state index in [-0.39, 0.29) is 0 Å². The van der Waals surface area contributed by atoms with Crippen LogP contribution in [0.4, 0.5) is 0 Å². The first-order valence-corrected chi connectivity index (χ1v) is 5.47. The molecule has 2 aromatic heterocycles. The van der Waals surface area contributed by atoms with E-state index in [0.29, 0.717) is 6.04 Å². The van der Waals surface area contributed by atoms with Crippen LogP contribution in [-0.2, 0) is 12.8 Å². The lowest BCUT2D eigenvalue weighted by Crippen LogP contribution is -2.29. The second-order valence-corrected chi connectivity index (χ2v) is 3.83. The summed E-state index contributed by atoms with van der Waals surface area (Å²) >= 11 is 0. The summed E-state index contributed by atoms with van der Waals surface area (Å²) in [5.74, 6) is 1.02. The Labute approximate surface area is 95.5 Å². The third-order valence-corrected chi connectivity index (χ3v) is 2.64. The Balaban J connectivity index is 1.96. The molecular formula is C13H16N2O. The van der Waals surface area contributed by atoms with Gasteiger partial charge in [0, 0.05) is 24.9 Å². The summed E-state index contributed by atoms with van der Waals surface area (Å²) in [6, 6.07) is 8.38. The largest absolute Gasteiger partial charge is 0.469 e. The van der Waals surface area contributed by atoms with E-state index >= 15 is 0 Å². The molecule has 0 aliphatic carbocycles. The summed E-state index contributed by atoms with van der Waals surface area (Å²) < 4.78 is 5.35. The molecule has 0 aliphatic heterocycles. The van der Waals surface area contributed by atoms with Gasteiger partial charge in [0.05, 0.1) is 6.26 Å². The van der Waals surface area contributed by atoms with Crippen molar-refractivity contribution in [2.24, 2.45) is 0 Å². The van der Waals surface area contributed by atoms with Crippen molar-refractivity contribution >= 4 is 0 Å². The molecule has 0 aromatic carbocycles. The molecule has 2 aromatic rings. The predicted molar refractivity (Wildman–Crippen MR) is 63.2 cm³/mol. The Morgan fingerprint density at radius 1 is 1.31 bits per heavy atom. The molecule has 0 radical (unpaired) electrons. The zero-order chi connectivity index (χ0) is 11.2. The number of aromatic nitrogens is 1. The molecule has 0 fully saturated rings. The second-order valence-electron chi connectivity index (χ2n) is 3.83. The first-order chi connectivity index (χ1) is 7.88. The van der Waals surface area contributed by atoms with Crippen LogP contribution in [0.15, 0.2) is 47.3 Å². The molecule has 0 aliphatic rings. The minimum atomic E-state index is 0.385. The van der Waals surface area contributed by atoms with E-state index in [2.05, 4.69) is 16.4 Å². The van der Waals surface area contributed by atoms with Crippen molar-refractivity contribution in [3.05, 3.63) is 54.2 Å². The fraction of sp³-hybridized carbons (Fsp3) is 0.308. The number of furan rings is 1. The molecule has 1 atom stereocenters. The summed E-state index contributed by atoms with van der Waals surface area (Å²) in [6.07, 6.45) is 7.28. The molecule has 0 saturated heterocycles. The minimum absolute atomic E-state index is 0.385. The lowest BCUT2D eigenvalue weighted by atomic mass is 10.0. The first kappa shape index (κ1) is 10.9. The fourth-order valence-electron chi connectivity index (χ4n) is 1.75. The molecule has 84 valence electrons. The van der Waals surface area contributed by atoms with Crippen molar-refractivity contribution in [2.75, 3.05) is 7.05 Å². The monoisotopic (exact) mass is 216 g/mol. The number of rotatable bonds is 5. The Hall–Kier alpha value is -1.61. The van der Waals surface area contributed by atoms with Crippen LogP contribution in [0.5, 0.6) is 0 Å². The van der Waals surface area contributed by atoms with Crippen molar-refractivity contribution in [3.8, 4) is 0 Å². The van der Waals surface area contributed by atoms with E-state index in [1.165, 1.54) is 5.56 Å². The van der Waals surface area contributed by atoms with Crippen LogP contribution in [0, 0.1) is 0 Å². The van der Waals surface area contributed by atoms with Crippen molar-refractivity contribution in [1.82, 2.24) is 10.3 Å². The van der Waals surface area contributed by atoms with Gasteiger partial charge >= 0.3 is 0 Å². The second kappa shape index (κ2) is 5.47. The van der Waals surface area contributed by atoms with Crippen LogP contribution in [0.3, 0.4) is 0 Å². The molecule has 16 heavy (non-hydrogen) atoms. The fourth-order valence-corrected chi connectivity index (χ4v) is 1.75. The number of hydrogen-bond acceptors (Lipinski definition) is 3. The van der Waals surface area contributed by atoms with Crippen LogP contribution >= 0.6 is 0 Å². The van der Waals surface area contributed by atoms with Gasteiger partial charge in [-0.05, 0) is 37.2 Å². The highest BCUT2D eigenvalue weighted by Crippen LogP contribution is 2.08. The van der Waals surface area contributed by atoms with Gasteiger partial charge < -0.3 is 9.73 Å². The van der Waals surface area contributed by atoms with E-state index in [4.69, 9.17) is 4.42 Å².